The fraction of sp³-hybridized carbons (Fsp3) is 0.273. The van der Waals surface area contributed by atoms with Gasteiger partial charge in [-0.2, -0.15) is 13.2 Å². The molecule has 4 nitrogen and oxygen atoms in total. The average molecular weight is 274 g/mol. The van der Waals surface area contributed by atoms with Crippen LogP contribution >= 0.6 is 0 Å². The second-order valence-corrected chi connectivity index (χ2v) is 3.87. The van der Waals surface area contributed by atoms with Crippen LogP contribution in [0.5, 0.6) is 0 Å². The summed E-state index contributed by atoms with van der Waals surface area (Å²) in [6.45, 7) is -0.500. The summed E-state index contributed by atoms with van der Waals surface area (Å²) in [6.07, 6.45) is -4.59. The number of hydrogen-bond acceptors (Lipinski definition) is 3. The minimum absolute atomic E-state index is 0.151. The molecule has 0 atom stereocenters. The first-order valence-electron chi connectivity index (χ1n) is 5.36. The number of halogens is 4. The molecule has 0 amide bonds. The van der Waals surface area contributed by atoms with E-state index in [4.69, 9.17) is 5.73 Å². The van der Waals surface area contributed by atoms with Crippen molar-refractivity contribution in [2.75, 3.05) is 0 Å². The third kappa shape index (κ3) is 2.90. The molecule has 2 aromatic rings. The van der Waals surface area contributed by atoms with Gasteiger partial charge in [-0.25, -0.2) is 9.07 Å². The second kappa shape index (κ2) is 4.96. The molecule has 0 spiro atoms. The molecule has 0 radical (unpaired) electrons. The molecule has 0 aliphatic carbocycles. The van der Waals surface area contributed by atoms with Crippen LogP contribution in [0.3, 0.4) is 0 Å². The number of alkyl halides is 3. The first kappa shape index (κ1) is 13.5. The highest BCUT2D eigenvalue weighted by Crippen LogP contribution is 2.31. The van der Waals surface area contributed by atoms with Gasteiger partial charge < -0.3 is 5.73 Å². The van der Waals surface area contributed by atoms with Crippen LogP contribution < -0.4 is 5.73 Å². The Labute approximate surface area is 105 Å². The summed E-state index contributed by atoms with van der Waals surface area (Å²) in [5.41, 5.74) is 4.41. The molecule has 0 fully saturated rings. The Bertz CT molecular complexity index is 559. The zero-order chi connectivity index (χ0) is 14.0. The van der Waals surface area contributed by atoms with E-state index in [2.05, 4.69) is 10.3 Å². The van der Waals surface area contributed by atoms with E-state index >= 15 is 0 Å². The predicted octanol–water partition coefficient (Wildman–Crippen LogP) is 1.94. The molecule has 2 rings (SSSR count). The van der Waals surface area contributed by atoms with Gasteiger partial charge in [0.1, 0.15) is 11.5 Å². The van der Waals surface area contributed by atoms with Gasteiger partial charge in [0, 0.05) is 6.54 Å². The van der Waals surface area contributed by atoms with E-state index in [0.29, 0.717) is 5.56 Å². The molecule has 1 heterocycles. The Kier molecular flexibility index (Phi) is 3.52. The molecular formula is C11H10F4N4. The summed E-state index contributed by atoms with van der Waals surface area (Å²) >= 11 is 0. The average Bonchev–Trinajstić information content (AvgIpc) is 2.75. The first-order chi connectivity index (χ1) is 8.91. The lowest BCUT2D eigenvalue weighted by Crippen LogP contribution is -2.18. The van der Waals surface area contributed by atoms with Gasteiger partial charge in [-0.15, -0.1) is 5.10 Å². The predicted molar refractivity (Wildman–Crippen MR) is 58.4 cm³/mol. The van der Waals surface area contributed by atoms with Crippen molar-refractivity contribution in [2.45, 2.75) is 19.3 Å². The molecule has 0 aliphatic heterocycles. The van der Waals surface area contributed by atoms with Crippen LogP contribution in [0.1, 0.15) is 17.0 Å². The van der Waals surface area contributed by atoms with Crippen molar-refractivity contribution in [3.63, 3.8) is 0 Å². The summed E-state index contributed by atoms with van der Waals surface area (Å²) < 4.78 is 52.1. The monoisotopic (exact) mass is 274 g/mol. The fourth-order valence-corrected chi connectivity index (χ4v) is 1.67. The van der Waals surface area contributed by atoms with Crippen LogP contribution in [0, 0.1) is 5.82 Å². The van der Waals surface area contributed by atoms with Crippen molar-refractivity contribution in [1.82, 2.24) is 15.0 Å². The van der Waals surface area contributed by atoms with E-state index in [-0.39, 0.29) is 18.8 Å². The number of hydrogen-bond donors (Lipinski definition) is 1. The number of rotatable bonds is 3. The van der Waals surface area contributed by atoms with E-state index in [1.165, 1.54) is 24.3 Å². The number of benzene rings is 1. The topological polar surface area (TPSA) is 56.7 Å². The smallest absolute Gasteiger partial charge is 0.325 e. The van der Waals surface area contributed by atoms with Crippen LogP contribution in [0.15, 0.2) is 24.3 Å². The third-order valence-electron chi connectivity index (χ3n) is 2.51. The molecule has 0 bridgehead atoms. The quantitative estimate of drug-likeness (QED) is 0.870. The van der Waals surface area contributed by atoms with Crippen molar-refractivity contribution in [1.29, 1.82) is 0 Å². The zero-order valence-electron chi connectivity index (χ0n) is 9.65. The van der Waals surface area contributed by atoms with Crippen LogP contribution in [0.4, 0.5) is 17.6 Å². The summed E-state index contributed by atoms with van der Waals surface area (Å²) in [6, 6.07) is 5.12. The maximum atomic E-state index is 12.9. The summed E-state index contributed by atoms with van der Waals surface area (Å²) in [4.78, 5) is 0. The van der Waals surface area contributed by atoms with E-state index in [1.807, 2.05) is 0 Å². The molecular weight excluding hydrogens is 264 g/mol. The highest BCUT2D eigenvalue weighted by Gasteiger charge is 2.38. The second-order valence-electron chi connectivity index (χ2n) is 3.87. The zero-order valence-corrected chi connectivity index (χ0v) is 9.65. The Hall–Kier alpha value is -1.96. The fourth-order valence-electron chi connectivity index (χ4n) is 1.67. The highest BCUT2D eigenvalue weighted by atomic mass is 19.4. The van der Waals surface area contributed by atoms with Gasteiger partial charge in [-0.3, -0.25) is 0 Å². The third-order valence-corrected chi connectivity index (χ3v) is 2.51. The van der Waals surface area contributed by atoms with Crippen LogP contribution in [0.2, 0.25) is 0 Å². The van der Waals surface area contributed by atoms with Gasteiger partial charge >= 0.3 is 6.18 Å². The minimum atomic E-state index is -4.59. The first-order valence-corrected chi connectivity index (χ1v) is 5.36. The summed E-state index contributed by atoms with van der Waals surface area (Å²) in [7, 11) is 0. The molecule has 8 heteroatoms. The lowest BCUT2D eigenvalue weighted by atomic mass is 10.2. The van der Waals surface area contributed by atoms with Gasteiger partial charge in [0.05, 0.1) is 6.54 Å². The minimum Gasteiger partial charge on any atom is -0.325 e. The Balaban J connectivity index is 2.35. The van der Waals surface area contributed by atoms with Crippen molar-refractivity contribution in [3.05, 3.63) is 47.0 Å². The highest BCUT2D eigenvalue weighted by molar-refractivity contribution is 5.19. The van der Waals surface area contributed by atoms with Crippen molar-refractivity contribution < 1.29 is 17.6 Å². The largest absolute Gasteiger partial charge is 0.434 e. The molecule has 1 aromatic heterocycles. The van der Waals surface area contributed by atoms with Crippen LogP contribution in [-0.2, 0) is 19.3 Å². The van der Waals surface area contributed by atoms with Gasteiger partial charge in [-0.1, -0.05) is 17.3 Å². The molecule has 0 saturated heterocycles. The molecule has 0 saturated carbocycles. The lowest BCUT2D eigenvalue weighted by Gasteiger charge is -2.10. The Morgan fingerprint density at radius 2 is 1.79 bits per heavy atom. The van der Waals surface area contributed by atoms with Gasteiger partial charge in [0.15, 0.2) is 5.69 Å². The summed E-state index contributed by atoms with van der Waals surface area (Å²) in [5.74, 6) is -0.457. The molecule has 102 valence electrons. The standard InChI is InChI=1S/C11H10F4N4/c12-8-3-1-7(2-4-8)6-19-10(11(13,14)15)9(5-16)17-18-19/h1-4H,5-6,16H2. The molecule has 1 aromatic carbocycles. The maximum absolute atomic E-state index is 12.9. The maximum Gasteiger partial charge on any atom is 0.434 e. The normalized spacial score (nSPS) is 11.8. The van der Waals surface area contributed by atoms with E-state index in [0.717, 1.165) is 4.68 Å². The van der Waals surface area contributed by atoms with Crippen LogP contribution in [-0.4, -0.2) is 15.0 Å². The molecule has 2 N–H and O–H groups in total. The number of nitrogens with zero attached hydrogens (tertiary/aromatic N) is 3. The van der Waals surface area contributed by atoms with Crippen molar-refractivity contribution in [3.8, 4) is 0 Å². The van der Waals surface area contributed by atoms with E-state index in [1.54, 1.807) is 0 Å². The van der Waals surface area contributed by atoms with Crippen molar-refractivity contribution in [2.24, 2.45) is 5.73 Å². The van der Waals surface area contributed by atoms with Gasteiger partial charge in [0.25, 0.3) is 0 Å². The molecule has 19 heavy (non-hydrogen) atoms. The molecule has 0 aliphatic rings. The Morgan fingerprint density at radius 1 is 1.16 bits per heavy atom. The lowest BCUT2D eigenvalue weighted by molar-refractivity contribution is -0.144. The number of aromatic nitrogens is 3. The molecule has 0 unspecified atom stereocenters. The van der Waals surface area contributed by atoms with Gasteiger partial charge in [0.2, 0.25) is 0 Å². The van der Waals surface area contributed by atoms with Crippen molar-refractivity contribution >= 4 is 0 Å². The Morgan fingerprint density at radius 3 is 2.32 bits per heavy atom. The van der Waals surface area contributed by atoms with E-state index < -0.39 is 17.7 Å². The van der Waals surface area contributed by atoms with Gasteiger partial charge in [-0.05, 0) is 17.7 Å². The SMILES string of the molecule is NCc1nnn(Cc2ccc(F)cc2)c1C(F)(F)F. The number of nitrogens with two attached hydrogens (primary N) is 1. The van der Waals surface area contributed by atoms with Crippen LogP contribution in [0.25, 0.3) is 0 Å². The summed E-state index contributed by atoms with van der Waals surface area (Å²) in [5, 5.41) is 6.85. The van der Waals surface area contributed by atoms with E-state index in [9.17, 15) is 17.6 Å².